The van der Waals surface area contributed by atoms with E-state index in [1.54, 1.807) is 12.1 Å². The minimum atomic E-state index is -4.27. The van der Waals surface area contributed by atoms with Crippen LogP contribution in [-0.4, -0.2) is 49.5 Å². The molecular formula is C24H44BrNO3S. The van der Waals surface area contributed by atoms with Gasteiger partial charge < -0.3 is 9.04 Å². The number of hydrogen-bond donors (Lipinski definition) is 0. The van der Waals surface area contributed by atoms with Crippen LogP contribution in [0.15, 0.2) is 29.2 Å². The predicted molar refractivity (Wildman–Crippen MR) is 131 cm³/mol. The average molecular weight is 507 g/mol. The van der Waals surface area contributed by atoms with Crippen LogP contribution in [0.25, 0.3) is 0 Å². The van der Waals surface area contributed by atoms with Gasteiger partial charge >= 0.3 is 0 Å². The summed E-state index contributed by atoms with van der Waals surface area (Å²) in [6.07, 6.45) is 14.0. The van der Waals surface area contributed by atoms with E-state index in [0.29, 0.717) is 0 Å². The van der Waals surface area contributed by atoms with E-state index in [1.165, 1.54) is 100 Å². The first-order chi connectivity index (χ1) is 14.2. The third kappa shape index (κ3) is 15.4. The Bertz CT molecular complexity index is 634. The molecular weight excluding hydrogens is 462 g/mol. The van der Waals surface area contributed by atoms with Gasteiger partial charge in [0, 0.05) is 11.8 Å². The molecule has 176 valence electrons. The Labute approximate surface area is 194 Å². The third-order valence-electron chi connectivity index (χ3n) is 5.49. The van der Waals surface area contributed by atoms with E-state index in [4.69, 9.17) is 0 Å². The van der Waals surface area contributed by atoms with Gasteiger partial charge in [0.25, 0.3) is 0 Å². The van der Waals surface area contributed by atoms with E-state index < -0.39 is 10.1 Å². The number of unbranched alkanes of at least 4 members (excludes halogenated alkanes) is 7. The van der Waals surface area contributed by atoms with Crippen molar-refractivity contribution in [2.24, 2.45) is 0 Å². The van der Waals surface area contributed by atoms with Crippen LogP contribution in [0, 0.1) is 6.92 Å². The fraction of sp³-hybridized carbons (Fsp3) is 0.750. The number of quaternary nitrogens is 1. The Kier molecular flexibility index (Phi) is 16.9. The predicted octanol–water partition coefficient (Wildman–Crippen LogP) is 6.67. The van der Waals surface area contributed by atoms with Crippen molar-refractivity contribution in [3.63, 3.8) is 0 Å². The van der Waals surface area contributed by atoms with Crippen LogP contribution in [0.3, 0.4) is 0 Å². The summed E-state index contributed by atoms with van der Waals surface area (Å²) in [7, 11) is -1.79. The van der Waals surface area contributed by atoms with Gasteiger partial charge in [-0.1, -0.05) is 79.6 Å². The molecule has 0 fully saturated rings. The van der Waals surface area contributed by atoms with E-state index in [-0.39, 0.29) is 4.90 Å². The smallest absolute Gasteiger partial charge is 0.124 e. The lowest BCUT2D eigenvalue weighted by Gasteiger charge is -2.35. The lowest BCUT2D eigenvalue weighted by Crippen LogP contribution is -2.46. The van der Waals surface area contributed by atoms with E-state index >= 15 is 0 Å². The molecule has 0 saturated carbocycles. The number of nitrogens with zero attached hydrogens (tertiary/aromatic N) is 1. The van der Waals surface area contributed by atoms with Crippen LogP contribution in [0.1, 0.15) is 83.6 Å². The summed E-state index contributed by atoms with van der Waals surface area (Å²) in [5.41, 5.74) is 0.928. The number of benzene rings is 1. The molecule has 6 heteroatoms. The highest BCUT2D eigenvalue weighted by Crippen LogP contribution is 2.14. The minimum Gasteiger partial charge on any atom is -0.744 e. The second kappa shape index (κ2) is 17.2. The Morgan fingerprint density at radius 2 is 1.23 bits per heavy atom. The summed E-state index contributed by atoms with van der Waals surface area (Å²) in [4.78, 5) is -0.178. The first kappa shape index (κ1) is 29.6. The highest BCUT2D eigenvalue weighted by Gasteiger charge is 2.19. The molecule has 0 aromatic heterocycles. The Morgan fingerprint density at radius 1 is 0.800 bits per heavy atom. The molecule has 30 heavy (non-hydrogen) atoms. The van der Waals surface area contributed by atoms with Crippen molar-refractivity contribution in [2.45, 2.75) is 89.9 Å². The van der Waals surface area contributed by atoms with Crippen LogP contribution >= 0.6 is 15.9 Å². The zero-order valence-electron chi connectivity index (χ0n) is 19.7. The largest absolute Gasteiger partial charge is 0.744 e. The summed E-state index contributed by atoms with van der Waals surface area (Å²) in [5.74, 6) is 0. The topological polar surface area (TPSA) is 57.2 Å². The van der Waals surface area contributed by atoms with Crippen molar-refractivity contribution in [1.29, 1.82) is 0 Å². The third-order valence-corrected chi connectivity index (χ3v) is 6.90. The number of hydrogen-bond acceptors (Lipinski definition) is 3. The monoisotopic (exact) mass is 505 g/mol. The fourth-order valence-electron chi connectivity index (χ4n) is 3.50. The minimum absolute atomic E-state index is 0.178. The summed E-state index contributed by atoms with van der Waals surface area (Å²) in [6.45, 7) is 10.5. The maximum atomic E-state index is 10.4. The highest BCUT2D eigenvalue weighted by molar-refractivity contribution is 9.09. The van der Waals surface area contributed by atoms with E-state index in [0.717, 1.165) is 10.9 Å². The van der Waals surface area contributed by atoms with Gasteiger partial charge in [0.05, 0.1) is 31.6 Å². The maximum absolute atomic E-state index is 10.4. The molecule has 1 aromatic rings. The van der Waals surface area contributed by atoms with Crippen LogP contribution in [0.4, 0.5) is 0 Å². The quantitative estimate of drug-likeness (QED) is 0.116. The second-order valence-electron chi connectivity index (χ2n) is 8.57. The Morgan fingerprint density at radius 3 is 1.67 bits per heavy atom. The van der Waals surface area contributed by atoms with Crippen molar-refractivity contribution in [3.8, 4) is 0 Å². The SMILES string of the molecule is CCCCCCC[N+](C)(CCCBr)CCCCCC.Cc1ccc(S(=O)(=O)[O-])cc1. The number of rotatable bonds is 15. The van der Waals surface area contributed by atoms with E-state index in [2.05, 4.69) is 36.8 Å². The van der Waals surface area contributed by atoms with Crippen molar-refractivity contribution in [2.75, 3.05) is 32.0 Å². The molecule has 0 bridgehead atoms. The van der Waals surface area contributed by atoms with Crippen molar-refractivity contribution >= 4 is 26.0 Å². The van der Waals surface area contributed by atoms with Crippen molar-refractivity contribution in [1.82, 2.24) is 0 Å². The molecule has 1 aromatic carbocycles. The molecule has 0 radical (unpaired) electrons. The molecule has 0 aliphatic rings. The number of aryl methyl sites for hydroxylation is 1. The first-order valence-corrected chi connectivity index (χ1v) is 14.1. The fourth-order valence-corrected chi connectivity index (χ4v) is 4.22. The maximum Gasteiger partial charge on any atom is 0.124 e. The van der Waals surface area contributed by atoms with E-state index in [9.17, 15) is 13.0 Å². The van der Waals surface area contributed by atoms with Gasteiger partial charge in [-0.05, 0) is 44.7 Å². The van der Waals surface area contributed by atoms with Gasteiger partial charge in [-0.25, -0.2) is 8.42 Å². The molecule has 1 rings (SSSR count). The number of alkyl halides is 1. The molecule has 0 aliphatic heterocycles. The molecule has 1 unspecified atom stereocenters. The van der Waals surface area contributed by atoms with Gasteiger partial charge in [0.15, 0.2) is 0 Å². The molecule has 0 N–H and O–H groups in total. The normalized spacial score (nSPS) is 13.4. The first-order valence-electron chi connectivity index (χ1n) is 11.6. The summed E-state index contributed by atoms with van der Waals surface area (Å²) < 4.78 is 32.5. The summed E-state index contributed by atoms with van der Waals surface area (Å²) >= 11 is 3.59. The van der Waals surface area contributed by atoms with Crippen molar-refractivity contribution < 1.29 is 17.5 Å². The Balaban J connectivity index is 0.000000642. The molecule has 0 amide bonds. The van der Waals surface area contributed by atoms with Gasteiger partial charge in [0.2, 0.25) is 0 Å². The van der Waals surface area contributed by atoms with Crippen LogP contribution in [0.2, 0.25) is 0 Å². The summed E-state index contributed by atoms with van der Waals surface area (Å²) in [6, 6.07) is 5.78. The standard InChI is InChI=1S/C17H37BrN.C7H8O3S/c1-4-6-8-10-12-16-19(3,17-13-14-18)15-11-9-7-5-2;1-6-2-4-7(5-3-6)11(8,9)10/h4-17H2,1-3H3;2-5H,1H3,(H,8,9,10)/q+1;/p-1. The lowest BCUT2D eigenvalue weighted by molar-refractivity contribution is -0.910. The lowest BCUT2D eigenvalue weighted by atomic mass is 10.1. The highest BCUT2D eigenvalue weighted by atomic mass is 79.9. The van der Waals surface area contributed by atoms with Gasteiger partial charge in [-0.15, -0.1) is 0 Å². The molecule has 0 spiro atoms. The second-order valence-corrected chi connectivity index (χ2v) is 10.7. The van der Waals surface area contributed by atoms with Crippen molar-refractivity contribution in [3.05, 3.63) is 29.8 Å². The van der Waals surface area contributed by atoms with Crippen LogP contribution in [-0.2, 0) is 10.1 Å². The molecule has 1 atom stereocenters. The zero-order valence-corrected chi connectivity index (χ0v) is 22.1. The van der Waals surface area contributed by atoms with Gasteiger partial charge in [0.1, 0.15) is 10.1 Å². The van der Waals surface area contributed by atoms with E-state index in [1.807, 2.05) is 6.92 Å². The molecule has 0 heterocycles. The average Bonchev–Trinajstić information content (AvgIpc) is 2.70. The molecule has 0 saturated heterocycles. The Hall–Kier alpha value is -0.430. The molecule has 0 aliphatic carbocycles. The van der Waals surface area contributed by atoms with Crippen LogP contribution < -0.4 is 0 Å². The molecule has 4 nitrogen and oxygen atoms in total. The van der Waals surface area contributed by atoms with Gasteiger partial charge in [-0.2, -0.15) is 0 Å². The van der Waals surface area contributed by atoms with Crippen LogP contribution in [0.5, 0.6) is 0 Å². The summed E-state index contributed by atoms with van der Waals surface area (Å²) in [5, 5.41) is 1.16. The van der Waals surface area contributed by atoms with Gasteiger partial charge in [-0.3, -0.25) is 0 Å². The zero-order chi connectivity index (χ0) is 22.9. The number of halogens is 1.